The van der Waals surface area contributed by atoms with Gasteiger partial charge in [0.1, 0.15) is 23.4 Å². The number of nitrogens with one attached hydrogen (secondary N) is 1. The number of amides is 2. The van der Waals surface area contributed by atoms with Gasteiger partial charge in [0.15, 0.2) is 5.60 Å². The summed E-state index contributed by atoms with van der Waals surface area (Å²) in [6.45, 7) is 0.848. The Balaban J connectivity index is 1.97. The van der Waals surface area contributed by atoms with E-state index in [4.69, 9.17) is 15.2 Å². The third kappa shape index (κ3) is 4.46. The smallest absolute Gasteiger partial charge is 0.417 e. The molecule has 11 heteroatoms. The Morgan fingerprint density at radius 2 is 2.00 bits per heavy atom. The third-order valence-electron chi connectivity index (χ3n) is 5.09. The Hall–Kier alpha value is -3.21. The van der Waals surface area contributed by atoms with Crippen molar-refractivity contribution in [3.05, 3.63) is 53.6 Å². The summed E-state index contributed by atoms with van der Waals surface area (Å²) in [5.41, 5.74) is 2.70. The standard InChI is InChI=1S/C20H19F4N3O4/c1-19(20(22,23)24)9-13(12-4-3-10(21)7-15(12)30-2)16(31-19)18(29)27-11-5-6-26-14(8-11)17(25)28/h3-8,13,16H,9H2,1-2H3,(H2,25,28)(H,26,27,29)/t13-,16+,19+/m1/s1. The number of ether oxygens (including phenoxy) is 2. The normalized spacial score (nSPS) is 23.4. The van der Waals surface area contributed by atoms with E-state index in [-0.39, 0.29) is 22.7 Å². The largest absolute Gasteiger partial charge is 0.496 e. The average Bonchev–Trinajstić information content (AvgIpc) is 3.07. The number of anilines is 1. The van der Waals surface area contributed by atoms with Crippen LogP contribution in [0.1, 0.15) is 35.3 Å². The predicted octanol–water partition coefficient (Wildman–Crippen LogP) is 3.16. The van der Waals surface area contributed by atoms with E-state index in [1.807, 2.05) is 0 Å². The van der Waals surface area contributed by atoms with Crippen molar-refractivity contribution in [3.8, 4) is 5.75 Å². The maximum Gasteiger partial charge on any atom is 0.417 e. The molecule has 1 aliphatic heterocycles. The molecule has 2 amide bonds. The summed E-state index contributed by atoms with van der Waals surface area (Å²) in [6.07, 6.45) is -5.70. The second-order valence-electron chi connectivity index (χ2n) is 7.25. The Kier molecular flexibility index (Phi) is 5.90. The Morgan fingerprint density at radius 1 is 1.29 bits per heavy atom. The molecule has 1 aromatic carbocycles. The number of aromatic nitrogens is 1. The zero-order valence-corrected chi connectivity index (χ0v) is 16.5. The van der Waals surface area contributed by atoms with Crippen LogP contribution in [-0.2, 0) is 9.53 Å². The van der Waals surface area contributed by atoms with Crippen molar-refractivity contribution in [3.63, 3.8) is 0 Å². The number of pyridine rings is 1. The van der Waals surface area contributed by atoms with Crippen molar-refractivity contribution >= 4 is 17.5 Å². The quantitative estimate of drug-likeness (QED) is 0.694. The van der Waals surface area contributed by atoms with Gasteiger partial charge in [-0.2, -0.15) is 13.2 Å². The lowest BCUT2D eigenvalue weighted by Gasteiger charge is -2.27. The molecule has 1 saturated heterocycles. The first-order chi connectivity index (χ1) is 14.4. The van der Waals surface area contributed by atoms with Crippen molar-refractivity contribution in [2.45, 2.75) is 37.1 Å². The van der Waals surface area contributed by atoms with Crippen LogP contribution in [0.4, 0.5) is 23.2 Å². The van der Waals surface area contributed by atoms with E-state index >= 15 is 0 Å². The van der Waals surface area contributed by atoms with Gasteiger partial charge in [-0.15, -0.1) is 0 Å². The van der Waals surface area contributed by atoms with E-state index in [0.29, 0.717) is 0 Å². The van der Waals surface area contributed by atoms with Crippen LogP contribution in [0.2, 0.25) is 0 Å². The first-order valence-electron chi connectivity index (χ1n) is 9.10. The summed E-state index contributed by atoms with van der Waals surface area (Å²) in [5.74, 6) is -3.45. The number of benzene rings is 1. The fraction of sp³-hybridized carbons (Fsp3) is 0.350. The van der Waals surface area contributed by atoms with Crippen molar-refractivity contribution in [1.82, 2.24) is 4.98 Å². The van der Waals surface area contributed by atoms with Crippen LogP contribution in [0.25, 0.3) is 0 Å². The highest BCUT2D eigenvalue weighted by Crippen LogP contribution is 2.51. The number of hydrogen-bond acceptors (Lipinski definition) is 5. The molecule has 7 nitrogen and oxygen atoms in total. The molecule has 3 N–H and O–H groups in total. The molecule has 166 valence electrons. The molecule has 0 spiro atoms. The average molecular weight is 441 g/mol. The molecule has 31 heavy (non-hydrogen) atoms. The van der Waals surface area contributed by atoms with Gasteiger partial charge in [0.25, 0.3) is 11.8 Å². The lowest BCUT2D eigenvalue weighted by Crippen LogP contribution is -2.43. The van der Waals surface area contributed by atoms with Crippen LogP contribution in [0, 0.1) is 5.82 Å². The molecule has 3 atom stereocenters. The molecule has 2 heterocycles. The number of carbonyl (C=O) groups is 2. The number of halogens is 4. The first-order valence-corrected chi connectivity index (χ1v) is 9.10. The number of carbonyl (C=O) groups excluding carboxylic acids is 2. The number of nitrogens with zero attached hydrogens (tertiary/aromatic N) is 1. The first kappa shape index (κ1) is 22.5. The van der Waals surface area contributed by atoms with Crippen LogP contribution in [-0.4, -0.2) is 41.8 Å². The van der Waals surface area contributed by atoms with Crippen molar-refractivity contribution in [2.75, 3.05) is 12.4 Å². The third-order valence-corrected chi connectivity index (χ3v) is 5.09. The fourth-order valence-corrected chi connectivity index (χ4v) is 3.48. The topological polar surface area (TPSA) is 104 Å². The molecular weight excluding hydrogens is 422 g/mol. The van der Waals surface area contributed by atoms with Crippen LogP contribution in [0.5, 0.6) is 5.75 Å². The summed E-state index contributed by atoms with van der Waals surface area (Å²) in [6, 6.07) is 5.89. The highest BCUT2D eigenvalue weighted by atomic mass is 19.4. The minimum Gasteiger partial charge on any atom is -0.496 e. The van der Waals surface area contributed by atoms with E-state index in [1.165, 1.54) is 31.5 Å². The lowest BCUT2D eigenvalue weighted by molar-refractivity contribution is -0.261. The Morgan fingerprint density at radius 3 is 2.61 bits per heavy atom. The van der Waals surface area contributed by atoms with Crippen LogP contribution in [0.15, 0.2) is 36.5 Å². The molecule has 2 aromatic rings. The van der Waals surface area contributed by atoms with Gasteiger partial charge >= 0.3 is 6.18 Å². The molecule has 0 saturated carbocycles. The zero-order valence-electron chi connectivity index (χ0n) is 16.5. The summed E-state index contributed by atoms with van der Waals surface area (Å²) in [7, 11) is 1.24. The highest BCUT2D eigenvalue weighted by Gasteiger charge is 2.61. The van der Waals surface area contributed by atoms with E-state index < -0.39 is 47.9 Å². The van der Waals surface area contributed by atoms with Gasteiger partial charge in [-0.1, -0.05) is 6.07 Å². The van der Waals surface area contributed by atoms with Gasteiger partial charge in [0.2, 0.25) is 0 Å². The lowest BCUT2D eigenvalue weighted by atomic mass is 9.86. The number of primary amides is 1. The van der Waals surface area contributed by atoms with Gasteiger partial charge in [-0.25, -0.2) is 4.39 Å². The minimum absolute atomic E-state index is 0.00208. The van der Waals surface area contributed by atoms with Gasteiger partial charge in [-0.05, 0) is 31.5 Å². The van der Waals surface area contributed by atoms with E-state index in [0.717, 1.165) is 19.1 Å². The molecule has 1 aromatic heterocycles. The summed E-state index contributed by atoms with van der Waals surface area (Å²) in [4.78, 5) is 27.9. The Labute approximate surface area is 174 Å². The highest BCUT2D eigenvalue weighted by molar-refractivity contribution is 5.97. The predicted molar refractivity (Wildman–Crippen MR) is 101 cm³/mol. The molecule has 0 aliphatic carbocycles. The Bertz CT molecular complexity index is 1010. The number of rotatable bonds is 5. The minimum atomic E-state index is -4.76. The van der Waals surface area contributed by atoms with Gasteiger partial charge in [-0.3, -0.25) is 14.6 Å². The molecular formula is C20H19F4N3O4. The van der Waals surface area contributed by atoms with Gasteiger partial charge in [0, 0.05) is 29.4 Å². The maximum absolute atomic E-state index is 13.7. The van der Waals surface area contributed by atoms with Crippen molar-refractivity contribution in [2.24, 2.45) is 5.73 Å². The van der Waals surface area contributed by atoms with Crippen LogP contribution in [0.3, 0.4) is 0 Å². The van der Waals surface area contributed by atoms with Crippen molar-refractivity contribution in [1.29, 1.82) is 0 Å². The number of methoxy groups -OCH3 is 1. The van der Waals surface area contributed by atoms with E-state index in [9.17, 15) is 27.2 Å². The van der Waals surface area contributed by atoms with E-state index in [2.05, 4.69) is 10.3 Å². The second-order valence-corrected chi connectivity index (χ2v) is 7.25. The summed E-state index contributed by atoms with van der Waals surface area (Å²) >= 11 is 0. The monoisotopic (exact) mass is 441 g/mol. The number of hydrogen-bond donors (Lipinski definition) is 2. The number of nitrogens with two attached hydrogens (primary N) is 1. The molecule has 0 radical (unpaired) electrons. The van der Waals surface area contributed by atoms with Gasteiger partial charge in [0.05, 0.1) is 7.11 Å². The van der Waals surface area contributed by atoms with Gasteiger partial charge < -0.3 is 20.5 Å². The van der Waals surface area contributed by atoms with Crippen LogP contribution < -0.4 is 15.8 Å². The molecule has 0 unspecified atom stereocenters. The summed E-state index contributed by atoms with van der Waals surface area (Å²) < 4.78 is 65.0. The maximum atomic E-state index is 13.7. The number of alkyl halides is 3. The molecule has 3 rings (SSSR count). The zero-order chi connectivity index (χ0) is 23.0. The molecule has 1 aliphatic rings. The van der Waals surface area contributed by atoms with E-state index in [1.54, 1.807) is 0 Å². The molecule has 0 bridgehead atoms. The SMILES string of the molecule is COc1cc(F)ccc1[C@H]1C[C@@](C)(C(F)(F)F)O[C@@H]1C(=O)Nc1ccnc(C(N)=O)c1. The second kappa shape index (κ2) is 8.14. The summed E-state index contributed by atoms with van der Waals surface area (Å²) in [5, 5.41) is 2.42. The van der Waals surface area contributed by atoms with Crippen LogP contribution >= 0.6 is 0 Å². The van der Waals surface area contributed by atoms with Crippen molar-refractivity contribution < 1.29 is 36.6 Å². The molecule has 1 fully saturated rings. The fourth-order valence-electron chi connectivity index (χ4n) is 3.48.